The van der Waals surface area contributed by atoms with Crippen molar-refractivity contribution in [2.24, 2.45) is 0 Å². The molecule has 2 aromatic rings. The van der Waals surface area contributed by atoms with Crippen molar-refractivity contribution in [2.45, 2.75) is 24.1 Å². The largest absolute Gasteiger partial charge is 0.309 e. The average molecular weight is 342 g/mol. The maximum atomic E-state index is 11.2. The molecule has 4 nitrogen and oxygen atoms in total. The lowest BCUT2D eigenvalue weighted by molar-refractivity contribution is -0.115. The van der Waals surface area contributed by atoms with Crippen molar-refractivity contribution >= 4 is 46.7 Å². The van der Waals surface area contributed by atoms with Crippen LogP contribution in [0.3, 0.4) is 0 Å². The molecule has 1 N–H and O–H groups in total. The van der Waals surface area contributed by atoms with E-state index in [9.17, 15) is 4.79 Å². The van der Waals surface area contributed by atoms with Crippen molar-refractivity contribution in [2.75, 3.05) is 5.32 Å². The van der Waals surface area contributed by atoms with Gasteiger partial charge in [0, 0.05) is 22.2 Å². The van der Waals surface area contributed by atoms with Gasteiger partial charge in [0.15, 0.2) is 5.82 Å². The van der Waals surface area contributed by atoms with E-state index < -0.39 is 0 Å². The molecular formula is C14H13Cl2N3OS. The molecule has 21 heavy (non-hydrogen) atoms. The van der Waals surface area contributed by atoms with E-state index in [1.54, 1.807) is 25.1 Å². The monoisotopic (exact) mass is 341 g/mol. The van der Waals surface area contributed by atoms with Crippen molar-refractivity contribution in [3.63, 3.8) is 0 Å². The molecule has 0 unspecified atom stereocenters. The van der Waals surface area contributed by atoms with E-state index in [1.807, 2.05) is 12.1 Å². The Morgan fingerprint density at radius 2 is 2.05 bits per heavy atom. The lowest BCUT2D eigenvalue weighted by Crippen LogP contribution is -2.11. The Hall–Kier alpha value is -1.30. The smallest absolute Gasteiger partial charge is 0.225 e. The van der Waals surface area contributed by atoms with Gasteiger partial charge in [-0.25, -0.2) is 0 Å². The first-order valence-corrected chi connectivity index (χ1v) is 8.03. The Kier molecular flexibility index (Phi) is 5.85. The Balaban J connectivity index is 1.96. The topological polar surface area (TPSA) is 54.9 Å². The third kappa shape index (κ3) is 4.88. The van der Waals surface area contributed by atoms with E-state index in [0.29, 0.717) is 28.0 Å². The molecule has 7 heteroatoms. The van der Waals surface area contributed by atoms with E-state index in [2.05, 4.69) is 15.5 Å². The summed E-state index contributed by atoms with van der Waals surface area (Å²) in [6, 6.07) is 8.95. The molecule has 0 radical (unpaired) electrons. The molecule has 1 heterocycles. The maximum Gasteiger partial charge on any atom is 0.225 e. The van der Waals surface area contributed by atoms with Crippen LogP contribution in [-0.4, -0.2) is 16.1 Å². The summed E-state index contributed by atoms with van der Waals surface area (Å²) in [4.78, 5) is 11.2. The van der Waals surface area contributed by atoms with Crippen LogP contribution in [0, 0.1) is 0 Å². The van der Waals surface area contributed by atoms with Crippen LogP contribution >= 0.6 is 35.0 Å². The van der Waals surface area contributed by atoms with Crippen molar-refractivity contribution in [3.05, 3.63) is 45.9 Å². The van der Waals surface area contributed by atoms with Crippen molar-refractivity contribution < 1.29 is 4.79 Å². The Labute approximate surface area is 137 Å². The van der Waals surface area contributed by atoms with Gasteiger partial charge in [-0.2, -0.15) is 0 Å². The van der Waals surface area contributed by atoms with E-state index in [-0.39, 0.29) is 5.91 Å². The van der Waals surface area contributed by atoms with Crippen molar-refractivity contribution in [1.82, 2.24) is 10.2 Å². The Morgan fingerprint density at radius 1 is 1.24 bits per heavy atom. The number of halogens is 2. The van der Waals surface area contributed by atoms with Gasteiger partial charge in [-0.1, -0.05) is 48.0 Å². The second kappa shape index (κ2) is 7.64. The minimum Gasteiger partial charge on any atom is -0.309 e. The first-order valence-electron chi connectivity index (χ1n) is 6.29. The molecule has 0 spiro atoms. The molecule has 0 bridgehead atoms. The van der Waals surface area contributed by atoms with Crippen LogP contribution in [-0.2, 0) is 10.5 Å². The van der Waals surface area contributed by atoms with Crippen LogP contribution < -0.4 is 5.32 Å². The highest BCUT2D eigenvalue weighted by Gasteiger charge is 2.05. The van der Waals surface area contributed by atoms with Crippen LogP contribution in [0.4, 0.5) is 5.82 Å². The van der Waals surface area contributed by atoms with Crippen LogP contribution in [0.25, 0.3) is 0 Å². The minimum absolute atomic E-state index is 0.0855. The number of rotatable bonds is 5. The highest BCUT2D eigenvalue weighted by molar-refractivity contribution is 7.98. The zero-order valence-corrected chi connectivity index (χ0v) is 13.6. The third-order valence-electron chi connectivity index (χ3n) is 2.62. The minimum atomic E-state index is -0.0855. The number of amides is 1. The predicted molar refractivity (Wildman–Crippen MR) is 87.0 cm³/mol. The van der Waals surface area contributed by atoms with Gasteiger partial charge < -0.3 is 5.32 Å². The number of anilines is 1. The van der Waals surface area contributed by atoms with E-state index in [4.69, 9.17) is 23.2 Å². The molecule has 110 valence electrons. The van der Waals surface area contributed by atoms with Crippen molar-refractivity contribution in [3.8, 4) is 0 Å². The number of carbonyl (C=O) groups is 1. The molecule has 0 saturated heterocycles. The molecule has 1 aromatic carbocycles. The number of hydrogen-bond donors (Lipinski definition) is 1. The standard InChI is InChI=1S/C14H13Cl2N3OS/c1-2-13(20)17-12-5-6-14(19-18-12)21-8-9-3-4-10(15)7-11(9)16/h3-7H,2,8H2,1H3,(H,17,18,20). The summed E-state index contributed by atoms with van der Waals surface area (Å²) in [6.45, 7) is 1.78. The molecule has 0 aliphatic rings. The molecule has 0 saturated carbocycles. The fourth-order valence-electron chi connectivity index (χ4n) is 1.49. The summed E-state index contributed by atoms with van der Waals surface area (Å²) >= 11 is 13.5. The van der Waals surface area contributed by atoms with Gasteiger partial charge in [-0.05, 0) is 29.8 Å². The Morgan fingerprint density at radius 3 is 2.67 bits per heavy atom. The van der Waals surface area contributed by atoms with Crippen LogP contribution in [0.2, 0.25) is 10.0 Å². The number of aromatic nitrogens is 2. The van der Waals surface area contributed by atoms with Gasteiger partial charge in [-0.15, -0.1) is 10.2 Å². The second-order valence-corrected chi connectivity index (χ2v) is 6.02. The molecule has 0 atom stereocenters. The summed E-state index contributed by atoms with van der Waals surface area (Å²) in [5.74, 6) is 1.04. The van der Waals surface area contributed by atoms with Crippen LogP contribution in [0.15, 0.2) is 35.4 Å². The number of carbonyl (C=O) groups excluding carboxylic acids is 1. The molecule has 1 aromatic heterocycles. The summed E-state index contributed by atoms with van der Waals surface area (Å²) < 4.78 is 0. The normalized spacial score (nSPS) is 10.4. The highest BCUT2D eigenvalue weighted by atomic mass is 35.5. The van der Waals surface area contributed by atoms with Gasteiger partial charge >= 0.3 is 0 Å². The number of nitrogens with zero attached hydrogens (tertiary/aromatic N) is 2. The fourth-order valence-corrected chi connectivity index (χ4v) is 2.86. The maximum absolute atomic E-state index is 11.2. The Bertz CT molecular complexity index is 635. The zero-order valence-electron chi connectivity index (χ0n) is 11.3. The van der Waals surface area contributed by atoms with E-state index in [1.165, 1.54) is 11.8 Å². The van der Waals surface area contributed by atoms with Crippen LogP contribution in [0.5, 0.6) is 0 Å². The number of nitrogens with one attached hydrogen (secondary N) is 1. The summed E-state index contributed by atoms with van der Waals surface area (Å²) in [7, 11) is 0. The molecule has 0 aliphatic heterocycles. The van der Waals surface area contributed by atoms with Gasteiger partial charge in [0.25, 0.3) is 0 Å². The van der Waals surface area contributed by atoms with E-state index in [0.717, 1.165) is 10.6 Å². The lowest BCUT2D eigenvalue weighted by atomic mass is 10.2. The van der Waals surface area contributed by atoms with Crippen molar-refractivity contribution in [1.29, 1.82) is 0 Å². The molecule has 1 amide bonds. The van der Waals surface area contributed by atoms with E-state index >= 15 is 0 Å². The number of hydrogen-bond acceptors (Lipinski definition) is 4. The quantitative estimate of drug-likeness (QED) is 0.817. The average Bonchev–Trinajstić information content (AvgIpc) is 2.48. The third-order valence-corrected chi connectivity index (χ3v) is 4.18. The van der Waals surface area contributed by atoms with Crippen LogP contribution in [0.1, 0.15) is 18.9 Å². The molecule has 0 aliphatic carbocycles. The van der Waals surface area contributed by atoms with Gasteiger partial charge in [0.2, 0.25) is 5.91 Å². The molecule has 0 fully saturated rings. The summed E-state index contributed by atoms with van der Waals surface area (Å²) in [6.07, 6.45) is 0.410. The molecule has 2 rings (SSSR count). The fraction of sp³-hybridized carbons (Fsp3) is 0.214. The molecular weight excluding hydrogens is 329 g/mol. The zero-order chi connectivity index (χ0) is 15.2. The van der Waals surface area contributed by atoms with Gasteiger partial charge in [-0.3, -0.25) is 4.79 Å². The first kappa shape index (κ1) is 16.1. The highest BCUT2D eigenvalue weighted by Crippen LogP contribution is 2.27. The van der Waals surface area contributed by atoms with Gasteiger partial charge in [0.1, 0.15) is 5.03 Å². The number of benzene rings is 1. The van der Waals surface area contributed by atoms with Gasteiger partial charge in [0.05, 0.1) is 0 Å². The number of thioether (sulfide) groups is 1. The SMILES string of the molecule is CCC(=O)Nc1ccc(SCc2ccc(Cl)cc2Cl)nn1. The first-order chi connectivity index (χ1) is 10.1. The summed E-state index contributed by atoms with van der Waals surface area (Å²) in [5.41, 5.74) is 0.983. The second-order valence-electron chi connectivity index (χ2n) is 4.18. The summed E-state index contributed by atoms with van der Waals surface area (Å²) in [5, 5.41) is 12.7. The predicted octanol–water partition coefficient (Wildman–Crippen LogP) is 4.42. The lowest BCUT2D eigenvalue weighted by Gasteiger charge is -2.05.